The van der Waals surface area contributed by atoms with Crippen molar-refractivity contribution in [2.24, 2.45) is 0 Å². The van der Waals surface area contributed by atoms with Crippen LogP contribution in [0.1, 0.15) is 34.8 Å². The van der Waals surface area contributed by atoms with Gasteiger partial charge < -0.3 is 25.0 Å². The van der Waals surface area contributed by atoms with Gasteiger partial charge in [-0.2, -0.15) is 0 Å². The Morgan fingerprint density at radius 3 is 2.59 bits per heavy atom. The van der Waals surface area contributed by atoms with Crippen LogP contribution in [-0.2, 0) is 22.5 Å². The van der Waals surface area contributed by atoms with E-state index in [0.717, 1.165) is 31.6 Å². The second-order valence-electron chi connectivity index (χ2n) is 8.77. The fraction of sp³-hybridized carbons (Fsp3) is 0.310. The number of hydrogen-bond acceptors (Lipinski definition) is 5. The van der Waals surface area contributed by atoms with Gasteiger partial charge in [0.15, 0.2) is 6.61 Å². The van der Waals surface area contributed by atoms with E-state index in [2.05, 4.69) is 33.7 Å². The number of ether oxygens (including phenoxy) is 2. The maximum atomic E-state index is 13.2. The Bertz CT molecular complexity index is 1220. The summed E-state index contributed by atoms with van der Waals surface area (Å²) >= 11 is 5.89. The zero-order valence-electron chi connectivity index (χ0n) is 21.0. The summed E-state index contributed by atoms with van der Waals surface area (Å²) in [7, 11) is 0. The van der Waals surface area contributed by atoms with Gasteiger partial charge in [-0.3, -0.25) is 9.59 Å². The van der Waals surface area contributed by atoms with Crippen molar-refractivity contribution in [2.45, 2.75) is 26.3 Å². The van der Waals surface area contributed by atoms with Crippen LogP contribution in [0.2, 0.25) is 5.02 Å². The molecule has 3 aromatic carbocycles. The molecule has 0 saturated carbocycles. The SMILES string of the molecule is CCOCCCNC(=O)c1cc(NC(=O)COc2ccc(Cl)cc2)ccc1N1CCc2ccccc2C1. The van der Waals surface area contributed by atoms with E-state index in [-0.39, 0.29) is 18.4 Å². The Balaban J connectivity index is 1.47. The molecule has 7 nitrogen and oxygen atoms in total. The maximum Gasteiger partial charge on any atom is 0.262 e. The minimum absolute atomic E-state index is 0.161. The van der Waals surface area contributed by atoms with Crippen LogP contribution in [0, 0.1) is 0 Å². The van der Waals surface area contributed by atoms with Crippen molar-refractivity contribution in [1.29, 1.82) is 0 Å². The number of hydrogen-bond donors (Lipinski definition) is 2. The first kappa shape index (κ1) is 26.5. The Morgan fingerprint density at radius 2 is 1.81 bits per heavy atom. The first-order valence-electron chi connectivity index (χ1n) is 12.5. The summed E-state index contributed by atoms with van der Waals surface area (Å²) < 4.78 is 10.9. The van der Waals surface area contributed by atoms with Crippen LogP contribution in [0.15, 0.2) is 66.7 Å². The van der Waals surface area contributed by atoms with Gasteiger partial charge >= 0.3 is 0 Å². The summed E-state index contributed by atoms with van der Waals surface area (Å²) in [5, 5.41) is 6.43. The first-order chi connectivity index (χ1) is 18.0. The van der Waals surface area contributed by atoms with E-state index >= 15 is 0 Å². The molecule has 0 fully saturated rings. The smallest absolute Gasteiger partial charge is 0.262 e. The van der Waals surface area contributed by atoms with Gasteiger partial charge in [0.1, 0.15) is 5.75 Å². The standard InChI is InChI=1S/C29H32ClN3O4/c1-2-36-17-5-15-31-29(35)26-18-24(32-28(34)20-37-25-11-8-23(30)9-12-25)10-13-27(26)33-16-14-21-6-3-4-7-22(21)19-33/h3-4,6-13,18H,2,5,14-17,19-20H2,1H3,(H,31,35)(H,32,34). The van der Waals surface area contributed by atoms with E-state index in [1.807, 2.05) is 25.1 Å². The molecule has 0 unspecified atom stereocenters. The number of carbonyl (C=O) groups excluding carboxylic acids is 2. The van der Waals surface area contributed by atoms with Crippen molar-refractivity contribution in [3.8, 4) is 5.75 Å². The monoisotopic (exact) mass is 521 g/mol. The van der Waals surface area contributed by atoms with Crippen LogP contribution in [-0.4, -0.2) is 44.7 Å². The molecule has 8 heteroatoms. The number of rotatable bonds is 11. The van der Waals surface area contributed by atoms with Gasteiger partial charge in [-0.15, -0.1) is 0 Å². The van der Waals surface area contributed by atoms with Crippen molar-refractivity contribution >= 4 is 34.8 Å². The minimum Gasteiger partial charge on any atom is -0.484 e. The Labute approximate surface area is 222 Å². The number of benzene rings is 3. The molecule has 1 aliphatic heterocycles. The average molecular weight is 522 g/mol. The highest BCUT2D eigenvalue weighted by Gasteiger charge is 2.22. The molecular formula is C29H32ClN3O4. The zero-order chi connectivity index (χ0) is 26.0. The average Bonchev–Trinajstić information content (AvgIpc) is 2.92. The van der Waals surface area contributed by atoms with E-state index in [1.54, 1.807) is 30.3 Å². The molecule has 1 heterocycles. The van der Waals surface area contributed by atoms with Gasteiger partial charge in [-0.05, 0) is 73.4 Å². The fourth-order valence-corrected chi connectivity index (χ4v) is 4.39. The fourth-order valence-electron chi connectivity index (χ4n) is 4.27. The molecule has 3 aromatic rings. The molecule has 0 aromatic heterocycles. The molecule has 37 heavy (non-hydrogen) atoms. The van der Waals surface area contributed by atoms with Crippen molar-refractivity contribution in [2.75, 3.05) is 43.1 Å². The Morgan fingerprint density at radius 1 is 1.03 bits per heavy atom. The third-order valence-electron chi connectivity index (χ3n) is 6.13. The van der Waals surface area contributed by atoms with Crippen LogP contribution in [0.25, 0.3) is 0 Å². The largest absolute Gasteiger partial charge is 0.484 e. The van der Waals surface area contributed by atoms with Crippen molar-refractivity contribution < 1.29 is 19.1 Å². The Kier molecular flexibility index (Phi) is 9.40. The highest BCUT2D eigenvalue weighted by molar-refractivity contribution is 6.30. The van der Waals surface area contributed by atoms with Crippen LogP contribution in [0.5, 0.6) is 5.75 Å². The van der Waals surface area contributed by atoms with Gasteiger partial charge in [0, 0.05) is 49.2 Å². The lowest BCUT2D eigenvalue weighted by Crippen LogP contribution is -2.33. The highest BCUT2D eigenvalue weighted by atomic mass is 35.5. The van der Waals surface area contributed by atoms with Crippen LogP contribution in [0.3, 0.4) is 0 Å². The normalized spacial score (nSPS) is 12.5. The minimum atomic E-state index is -0.322. The van der Waals surface area contributed by atoms with E-state index in [1.165, 1.54) is 11.1 Å². The number of carbonyl (C=O) groups is 2. The molecular weight excluding hydrogens is 490 g/mol. The second kappa shape index (κ2) is 13.1. The van der Waals surface area contributed by atoms with Crippen molar-refractivity contribution in [1.82, 2.24) is 5.32 Å². The van der Waals surface area contributed by atoms with Gasteiger partial charge in [-0.1, -0.05) is 35.9 Å². The van der Waals surface area contributed by atoms with Gasteiger partial charge in [0.25, 0.3) is 11.8 Å². The topological polar surface area (TPSA) is 79.9 Å². The summed E-state index contributed by atoms with van der Waals surface area (Å²) in [6, 6.07) is 20.6. The molecule has 4 rings (SSSR count). The van der Waals surface area contributed by atoms with E-state index in [0.29, 0.717) is 41.8 Å². The van der Waals surface area contributed by atoms with Crippen molar-refractivity contribution in [3.05, 3.63) is 88.4 Å². The third-order valence-corrected chi connectivity index (χ3v) is 6.39. The summed E-state index contributed by atoms with van der Waals surface area (Å²) in [4.78, 5) is 28.0. The number of fused-ring (bicyclic) bond motifs is 1. The highest BCUT2D eigenvalue weighted by Crippen LogP contribution is 2.29. The summed E-state index contributed by atoms with van der Waals surface area (Å²) in [5.74, 6) is 0.0453. The lowest BCUT2D eigenvalue weighted by Gasteiger charge is -2.32. The number of anilines is 2. The molecule has 0 bridgehead atoms. The number of halogens is 1. The Hall–Kier alpha value is -3.55. The lowest BCUT2D eigenvalue weighted by atomic mass is 9.98. The number of nitrogens with zero attached hydrogens (tertiary/aromatic N) is 1. The van der Waals surface area contributed by atoms with E-state index < -0.39 is 0 Å². The maximum absolute atomic E-state index is 13.2. The quantitative estimate of drug-likeness (QED) is 0.344. The molecule has 0 radical (unpaired) electrons. The van der Waals surface area contributed by atoms with Crippen LogP contribution >= 0.6 is 11.6 Å². The van der Waals surface area contributed by atoms with E-state index in [4.69, 9.17) is 21.1 Å². The molecule has 1 aliphatic rings. The second-order valence-corrected chi connectivity index (χ2v) is 9.21. The summed E-state index contributed by atoms with van der Waals surface area (Å²) in [6.45, 7) is 5.07. The third kappa shape index (κ3) is 7.47. The molecule has 0 aliphatic carbocycles. The van der Waals surface area contributed by atoms with E-state index in [9.17, 15) is 9.59 Å². The predicted octanol–water partition coefficient (Wildman–Crippen LogP) is 5.08. The van der Waals surface area contributed by atoms with Crippen molar-refractivity contribution in [3.63, 3.8) is 0 Å². The molecule has 194 valence electrons. The van der Waals surface area contributed by atoms with Crippen LogP contribution in [0.4, 0.5) is 11.4 Å². The molecule has 2 amide bonds. The predicted molar refractivity (Wildman–Crippen MR) is 147 cm³/mol. The summed E-state index contributed by atoms with van der Waals surface area (Å²) in [5.41, 5.74) is 4.49. The zero-order valence-corrected chi connectivity index (χ0v) is 21.7. The number of nitrogens with one attached hydrogen (secondary N) is 2. The summed E-state index contributed by atoms with van der Waals surface area (Å²) in [6.07, 6.45) is 1.64. The molecule has 0 saturated heterocycles. The van der Waals surface area contributed by atoms with Gasteiger partial charge in [0.2, 0.25) is 0 Å². The van der Waals surface area contributed by atoms with Gasteiger partial charge in [-0.25, -0.2) is 0 Å². The van der Waals surface area contributed by atoms with Crippen LogP contribution < -0.4 is 20.3 Å². The molecule has 2 N–H and O–H groups in total. The first-order valence-corrected chi connectivity index (χ1v) is 12.9. The molecule has 0 atom stereocenters. The lowest BCUT2D eigenvalue weighted by molar-refractivity contribution is -0.118. The molecule has 0 spiro atoms. The van der Waals surface area contributed by atoms with Gasteiger partial charge in [0.05, 0.1) is 5.56 Å². The number of amides is 2.